The lowest BCUT2D eigenvalue weighted by Gasteiger charge is -2.22. The highest BCUT2D eigenvalue weighted by Gasteiger charge is 2.20. The number of hydrogen-bond donors (Lipinski definition) is 1. The molecule has 0 aromatic heterocycles. The zero-order valence-corrected chi connectivity index (χ0v) is 10.9. The molecule has 0 aliphatic carbocycles. The van der Waals surface area contributed by atoms with Crippen LogP contribution < -0.4 is 15.2 Å². The molecule has 1 aromatic carbocycles. The molecule has 2 N–H and O–H groups in total. The fourth-order valence-electron chi connectivity index (χ4n) is 1.59. The largest absolute Gasteiger partial charge is 0.493 e. The van der Waals surface area contributed by atoms with Gasteiger partial charge in [0.05, 0.1) is 14.2 Å². The molecule has 0 bridgehead atoms. The normalized spacial score (nSPS) is 11.4. The number of halogens is 1. The maximum Gasteiger partial charge on any atom is 0.165 e. The van der Waals surface area contributed by atoms with Gasteiger partial charge in [-0.25, -0.2) is 0 Å². The molecule has 0 spiro atoms. The molecule has 0 aliphatic rings. The number of nitrogens with two attached hydrogens (primary N) is 1. The van der Waals surface area contributed by atoms with E-state index in [9.17, 15) is 0 Å². The Morgan fingerprint density at radius 3 is 2.31 bits per heavy atom. The Balaban J connectivity index is 3.23. The molecule has 3 nitrogen and oxygen atoms in total. The van der Waals surface area contributed by atoms with E-state index in [0.29, 0.717) is 22.9 Å². The van der Waals surface area contributed by atoms with Gasteiger partial charge in [0.25, 0.3) is 0 Å². The molecule has 0 amide bonds. The van der Waals surface area contributed by atoms with E-state index in [2.05, 4.69) is 0 Å². The number of methoxy groups -OCH3 is 2. The van der Waals surface area contributed by atoms with E-state index in [4.69, 9.17) is 26.8 Å². The highest BCUT2D eigenvalue weighted by Crippen LogP contribution is 2.37. The molecular weight excluding hydrogens is 226 g/mol. The molecule has 0 saturated heterocycles. The standard InChI is InChI=1S/C12H18ClNO2/c1-12(2,14)7-8-9(13)5-6-10(15-3)11(8)16-4/h5-6H,7,14H2,1-4H3. The maximum atomic E-state index is 6.15. The van der Waals surface area contributed by atoms with Crippen LogP contribution in [0.4, 0.5) is 0 Å². The summed E-state index contributed by atoms with van der Waals surface area (Å²) in [7, 11) is 3.20. The molecular formula is C12H18ClNO2. The van der Waals surface area contributed by atoms with Gasteiger partial charge in [-0.3, -0.25) is 0 Å². The van der Waals surface area contributed by atoms with Crippen molar-refractivity contribution < 1.29 is 9.47 Å². The Kier molecular flexibility index (Phi) is 4.05. The smallest absolute Gasteiger partial charge is 0.165 e. The highest BCUT2D eigenvalue weighted by molar-refractivity contribution is 6.31. The second-order valence-corrected chi connectivity index (χ2v) is 4.83. The first-order valence-electron chi connectivity index (χ1n) is 5.07. The van der Waals surface area contributed by atoms with Gasteiger partial charge in [-0.15, -0.1) is 0 Å². The van der Waals surface area contributed by atoms with Crippen molar-refractivity contribution in [2.45, 2.75) is 25.8 Å². The minimum atomic E-state index is -0.344. The van der Waals surface area contributed by atoms with E-state index in [1.54, 1.807) is 26.4 Å². The minimum Gasteiger partial charge on any atom is -0.493 e. The molecule has 16 heavy (non-hydrogen) atoms. The monoisotopic (exact) mass is 243 g/mol. The Bertz CT molecular complexity index is 372. The lowest BCUT2D eigenvalue weighted by Crippen LogP contribution is -2.34. The van der Waals surface area contributed by atoms with E-state index in [0.717, 1.165) is 5.56 Å². The van der Waals surface area contributed by atoms with Crippen LogP contribution >= 0.6 is 11.6 Å². The Labute approximate surface area is 101 Å². The second kappa shape index (κ2) is 4.93. The Morgan fingerprint density at radius 1 is 1.25 bits per heavy atom. The van der Waals surface area contributed by atoms with Crippen LogP contribution in [0.25, 0.3) is 0 Å². The molecule has 0 radical (unpaired) electrons. The lowest BCUT2D eigenvalue weighted by molar-refractivity contribution is 0.348. The fraction of sp³-hybridized carbons (Fsp3) is 0.500. The molecule has 4 heteroatoms. The summed E-state index contributed by atoms with van der Waals surface area (Å²) in [6.07, 6.45) is 0.631. The lowest BCUT2D eigenvalue weighted by atomic mass is 9.95. The molecule has 1 rings (SSSR count). The summed E-state index contributed by atoms with van der Waals surface area (Å²) in [5, 5.41) is 0.649. The quantitative estimate of drug-likeness (QED) is 0.884. The van der Waals surface area contributed by atoms with Crippen LogP contribution in [-0.2, 0) is 6.42 Å². The van der Waals surface area contributed by atoms with Gasteiger partial charge in [0.2, 0.25) is 0 Å². The predicted octanol–water partition coefficient (Wildman–Crippen LogP) is 2.64. The zero-order valence-electron chi connectivity index (χ0n) is 10.1. The summed E-state index contributed by atoms with van der Waals surface area (Å²) in [6, 6.07) is 3.58. The van der Waals surface area contributed by atoms with Gasteiger partial charge in [-0.1, -0.05) is 11.6 Å². The van der Waals surface area contributed by atoms with Gasteiger partial charge < -0.3 is 15.2 Å². The van der Waals surface area contributed by atoms with Crippen LogP contribution in [0.1, 0.15) is 19.4 Å². The number of rotatable bonds is 4. The van der Waals surface area contributed by atoms with Crippen molar-refractivity contribution in [3.05, 3.63) is 22.7 Å². The van der Waals surface area contributed by atoms with Gasteiger partial charge in [-0.05, 0) is 32.4 Å². The SMILES string of the molecule is COc1ccc(Cl)c(CC(C)(C)N)c1OC. The zero-order chi connectivity index (χ0) is 12.3. The van der Waals surface area contributed by atoms with Crippen LogP contribution in [0.3, 0.4) is 0 Å². The molecule has 0 saturated carbocycles. The van der Waals surface area contributed by atoms with Crippen molar-refractivity contribution in [1.29, 1.82) is 0 Å². The molecule has 0 aliphatic heterocycles. The van der Waals surface area contributed by atoms with Crippen LogP contribution in [-0.4, -0.2) is 19.8 Å². The third kappa shape index (κ3) is 3.03. The van der Waals surface area contributed by atoms with E-state index < -0.39 is 0 Å². The van der Waals surface area contributed by atoms with Crippen molar-refractivity contribution in [3.8, 4) is 11.5 Å². The van der Waals surface area contributed by atoms with E-state index in [1.807, 2.05) is 13.8 Å². The summed E-state index contributed by atoms with van der Waals surface area (Å²) in [5.41, 5.74) is 6.54. The maximum absolute atomic E-state index is 6.15. The fourth-order valence-corrected chi connectivity index (χ4v) is 1.80. The van der Waals surface area contributed by atoms with Gasteiger partial charge in [0, 0.05) is 16.1 Å². The van der Waals surface area contributed by atoms with E-state index in [-0.39, 0.29) is 5.54 Å². The van der Waals surface area contributed by atoms with Crippen LogP contribution in [0.15, 0.2) is 12.1 Å². The second-order valence-electron chi connectivity index (χ2n) is 4.43. The van der Waals surface area contributed by atoms with Gasteiger partial charge >= 0.3 is 0 Å². The number of hydrogen-bond acceptors (Lipinski definition) is 3. The van der Waals surface area contributed by atoms with E-state index in [1.165, 1.54) is 0 Å². The summed E-state index contributed by atoms with van der Waals surface area (Å²) >= 11 is 6.15. The van der Waals surface area contributed by atoms with Crippen LogP contribution in [0.2, 0.25) is 5.02 Å². The highest BCUT2D eigenvalue weighted by atomic mass is 35.5. The first-order valence-corrected chi connectivity index (χ1v) is 5.45. The summed E-state index contributed by atoms with van der Waals surface area (Å²) in [6.45, 7) is 3.89. The molecule has 90 valence electrons. The van der Waals surface area contributed by atoms with E-state index >= 15 is 0 Å². The number of benzene rings is 1. The summed E-state index contributed by atoms with van der Waals surface area (Å²) < 4.78 is 10.6. The van der Waals surface area contributed by atoms with Gasteiger partial charge in [-0.2, -0.15) is 0 Å². The topological polar surface area (TPSA) is 44.5 Å². The molecule has 0 heterocycles. The third-order valence-electron chi connectivity index (χ3n) is 2.22. The van der Waals surface area contributed by atoms with Crippen molar-refractivity contribution >= 4 is 11.6 Å². The molecule has 0 fully saturated rings. The first-order chi connectivity index (χ1) is 7.39. The van der Waals surface area contributed by atoms with Crippen molar-refractivity contribution in [3.63, 3.8) is 0 Å². The minimum absolute atomic E-state index is 0.344. The van der Waals surface area contributed by atoms with Gasteiger partial charge in [0.15, 0.2) is 11.5 Å². The Morgan fingerprint density at radius 2 is 1.88 bits per heavy atom. The van der Waals surface area contributed by atoms with Crippen LogP contribution in [0.5, 0.6) is 11.5 Å². The van der Waals surface area contributed by atoms with Gasteiger partial charge in [0.1, 0.15) is 0 Å². The van der Waals surface area contributed by atoms with Crippen LogP contribution in [0, 0.1) is 0 Å². The van der Waals surface area contributed by atoms with Crippen molar-refractivity contribution in [1.82, 2.24) is 0 Å². The average molecular weight is 244 g/mol. The summed E-state index contributed by atoms with van der Waals surface area (Å²) in [5.74, 6) is 1.33. The summed E-state index contributed by atoms with van der Waals surface area (Å²) in [4.78, 5) is 0. The molecule has 0 unspecified atom stereocenters. The Hall–Kier alpha value is -0.930. The first kappa shape index (κ1) is 13.1. The third-order valence-corrected chi connectivity index (χ3v) is 2.58. The van der Waals surface area contributed by atoms with Crippen molar-refractivity contribution in [2.24, 2.45) is 5.73 Å². The predicted molar refractivity (Wildman–Crippen MR) is 66.5 cm³/mol. The molecule has 1 aromatic rings. The van der Waals surface area contributed by atoms with Crippen molar-refractivity contribution in [2.75, 3.05) is 14.2 Å². The average Bonchev–Trinajstić information content (AvgIpc) is 2.19. The number of ether oxygens (including phenoxy) is 2. The molecule has 0 atom stereocenters.